The lowest BCUT2D eigenvalue weighted by molar-refractivity contribution is 0.415. The molecule has 2 aromatic carbocycles. The summed E-state index contributed by atoms with van der Waals surface area (Å²) in [7, 11) is -2.14. The summed E-state index contributed by atoms with van der Waals surface area (Å²) in [6.45, 7) is 1.99. The Hall–Kier alpha value is -2.28. The van der Waals surface area contributed by atoms with Crippen molar-refractivity contribution in [3.8, 4) is 22.7 Å². The van der Waals surface area contributed by atoms with Crippen molar-refractivity contribution in [1.82, 2.24) is 4.57 Å². The minimum Gasteiger partial charge on any atom is -0.495 e. The first-order chi connectivity index (χ1) is 11.8. The third kappa shape index (κ3) is 3.42. The summed E-state index contributed by atoms with van der Waals surface area (Å²) in [6.07, 6.45) is 0. The van der Waals surface area contributed by atoms with E-state index >= 15 is 0 Å². The Morgan fingerprint density at radius 3 is 2.28 bits per heavy atom. The van der Waals surface area contributed by atoms with E-state index < -0.39 is 10.0 Å². The van der Waals surface area contributed by atoms with Crippen molar-refractivity contribution in [2.75, 3.05) is 7.11 Å². The molecule has 0 spiro atoms. The van der Waals surface area contributed by atoms with E-state index in [1.54, 1.807) is 19.2 Å². The van der Waals surface area contributed by atoms with Crippen LogP contribution in [0.3, 0.4) is 0 Å². The zero-order valence-corrected chi connectivity index (χ0v) is 15.3. The largest absolute Gasteiger partial charge is 0.495 e. The lowest BCUT2D eigenvalue weighted by Crippen LogP contribution is -2.11. The number of benzene rings is 2. The van der Waals surface area contributed by atoms with Crippen molar-refractivity contribution >= 4 is 21.6 Å². The van der Waals surface area contributed by atoms with Crippen LogP contribution in [0.2, 0.25) is 5.02 Å². The molecule has 3 rings (SSSR count). The molecular weight excluding hydrogens is 360 g/mol. The third-order valence-electron chi connectivity index (χ3n) is 3.95. The summed E-state index contributed by atoms with van der Waals surface area (Å²) in [5.74, 6) is 0.606. The zero-order valence-electron chi connectivity index (χ0n) is 13.7. The number of hydrogen-bond acceptors (Lipinski definition) is 3. The van der Waals surface area contributed by atoms with Crippen molar-refractivity contribution in [2.24, 2.45) is 5.14 Å². The molecule has 0 saturated heterocycles. The Bertz CT molecular complexity index is 1020. The van der Waals surface area contributed by atoms with Crippen molar-refractivity contribution < 1.29 is 13.2 Å². The summed E-state index contributed by atoms with van der Waals surface area (Å²) in [4.78, 5) is 0.0820. The van der Waals surface area contributed by atoms with Gasteiger partial charge in [-0.25, -0.2) is 13.6 Å². The number of halogens is 1. The van der Waals surface area contributed by atoms with Crippen LogP contribution in [0, 0.1) is 6.92 Å². The third-order valence-corrected chi connectivity index (χ3v) is 5.17. The van der Waals surface area contributed by atoms with Gasteiger partial charge in [-0.2, -0.15) is 0 Å². The highest BCUT2D eigenvalue weighted by Crippen LogP contribution is 2.31. The maximum absolute atomic E-state index is 11.4. The molecule has 25 heavy (non-hydrogen) atoms. The van der Waals surface area contributed by atoms with E-state index in [1.807, 2.05) is 41.8 Å². The van der Waals surface area contributed by atoms with Gasteiger partial charge in [0.05, 0.1) is 22.7 Å². The number of methoxy groups -OCH3 is 1. The molecule has 0 bridgehead atoms. The van der Waals surface area contributed by atoms with Gasteiger partial charge in [-0.1, -0.05) is 23.7 Å². The lowest BCUT2D eigenvalue weighted by Gasteiger charge is -2.14. The second-order valence-corrected chi connectivity index (χ2v) is 7.55. The molecule has 0 radical (unpaired) electrons. The highest BCUT2D eigenvalue weighted by atomic mass is 35.5. The molecule has 0 unspecified atom stereocenters. The molecule has 130 valence electrons. The molecule has 0 saturated carbocycles. The zero-order chi connectivity index (χ0) is 18.2. The van der Waals surface area contributed by atoms with Gasteiger partial charge in [0.1, 0.15) is 5.75 Å². The number of aryl methyl sites for hydroxylation is 1. The maximum atomic E-state index is 11.4. The number of rotatable bonds is 4. The van der Waals surface area contributed by atoms with Crippen molar-refractivity contribution in [3.05, 3.63) is 65.3 Å². The molecule has 1 aromatic heterocycles. The summed E-state index contributed by atoms with van der Waals surface area (Å²) in [6, 6.07) is 16.0. The molecule has 0 aliphatic heterocycles. The molecule has 2 N–H and O–H groups in total. The fourth-order valence-corrected chi connectivity index (χ4v) is 3.48. The van der Waals surface area contributed by atoms with E-state index in [0.29, 0.717) is 10.8 Å². The van der Waals surface area contributed by atoms with Crippen LogP contribution < -0.4 is 9.88 Å². The van der Waals surface area contributed by atoms with Gasteiger partial charge in [-0.15, -0.1) is 0 Å². The van der Waals surface area contributed by atoms with Crippen LogP contribution in [0.5, 0.6) is 5.75 Å². The molecule has 0 aliphatic carbocycles. The smallest absolute Gasteiger partial charge is 0.238 e. The number of sulfonamides is 1. The van der Waals surface area contributed by atoms with Crippen LogP contribution in [0.15, 0.2) is 59.5 Å². The van der Waals surface area contributed by atoms with Crippen LogP contribution in [0.1, 0.15) is 5.69 Å². The molecule has 0 atom stereocenters. The van der Waals surface area contributed by atoms with Crippen LogP contribution in [0.4, 0.5) is 0 Å². The minimum atomic E-state index is -3.71. The fraction of sp³-hybridized carbons (Fsp3) is 0.111. The minimum absolute atomic E-state index is 0.0820. The van der Waals surface area contributed by atoms with E-state index in [-0.39, 0.29) is 4.90 Å². The fourth-order valence-electron chi connectivity index (χ4n) is 2.72. The molecule has 3 aromatic rings. The summed E-state index contributed by atoms with van der Waals surface area (Å²) in [5, 5.41) is 5.67. The van der Waals surface area contributed by atoms with E-state index in [2.05, 4.69) is 0 Å². The summed E-state index contributed by atoms with van der Waals surface area (Å²) in [5.41, 5.74) is 3.69. The highest BCUT2D eigenvalue weighted by molar-refractivity contribution is 7.89. The Kier molecular flexibility index (Phi) is 4.60. The average molecular weight is 377 g/mol. The molecule has 5 nitrogen and oxygen atoms in total. The van der Waals surface area contributed by atoms with E-state index in [0.717, 1.165) is 22.6 Å². The Morgan fingerprint density at radius 1 is 1.04 bits per heavy atom. The summed E-state index contributed by atoms with van der Waals surface area (Å²) >= 11 is 6.25. The van der Waals surface area contributed by atoms with E-state index in [1.165, 1.54) is 12.1 Å². The van der Waals surface area contributed by atoms with Gasteiger partial charge in [-0.3, -0.25) is 0 Å². The SMILES string of the molecule is COc1ccc(-n2c(C)ccc2-c2ccc(S(N)(=O)=O)cc2)cc1Cl. The van der Waals surface area contributed by atoms with Gasteiger partial charge in [0.2, 0.25) is 10.0 Å². The number of aromatic nitrogens is 1. The van der Waals surface area contributed by atoms with E-state index in [4.69, 9.17) is 21.5 Å². The van der Waals surface area contributed by atoms with Crippen LogP contribution >= 0.6 is 11.6 Å². The standard InChI is InChI=1S/C18H17ClN2O3S/c1-12-3-9-17(13-4-7-15(8-5-13)25(20,22)23)21(12)14-6-10-18(24-2)16(19)11-14/h3-11H,1-2H3,(H2,20,22,23). The van der Waals surface area contributed by atoms with Gasteiger partial charge in [0, 0.05) is 11.4 Å². The molecule has 0 fully saturated rings. The van der Waals surface area contributed by atoms with Gasteiger partial charge in [0.25, 0.3) is 0 Å². The number of nitrogens with two attached hydrogens (primary N) is 1. The highest BCUT2D eigenvalue weighted by Gasteiger charge is 2.13. The number of hydrogen-bond donors (Lipinski definition) is 1. The lowest BCUT2D eigenvalue weighted by atomic mass is 10.1. The first-order valence-electron chi connectivity index (χ1n) is 7.47. The van der Waals surface area contributed by atoms with Gasteiger partial charge in [0.15, 0.2) is 0 Å². The number of primary sulfonamides is 1. The van der Waals surface area contributed by atoms with Crippen molar-refractivity contribution in [2.45, 2.75) is 11.8 Å². The second-order valence-electron chi connectivity index (χ2n) is 5.58. The first-order valence-corrected chi connectivity index (χ1v) is 9.39. The normalized spacial score (nSPS) is 11.5. The topological polar surface area (TPSA) is 74.3 Å². The summed E-state index contributed by atoms with van der Waals surface area (Å²) < 4.78 is 30.1. The predicted molar refractivity (Wildman–Crippen MR) is 98.9 cm³/mol. The molecular formula is C18H17ClN2O3S. The Labute approximate surface area is 151 Å². The number of ether oxygens (including phenoxy) is 1. The van der Waals surface area contributed by atoms with Crippen LogP contribution in [-0.2, 0) is 10.0 Å². The molecule has 0 aliphatic rings. The maximum Gasteiger partial charge on any atom is 0.238 e. The van der Waals surface area contributed by atoms with Gasteiger partial charge in [-0.05, 0) is 55.0 Å². The first kappa shape index (κ1) is 17.5. The van der Waals surface area contributed by atoms with Gasteiger partial charge >= 0.3 is 0 Å². The van der Waals surface area contributed by atoms with Crippen LogP contribution in [-0.4, -0.2) is 20.1 Å². The average Bonchev–Trinajstić information content (AvgIpc) is 2.95. The van der Waals surface area contributed by atoms with Crippen molar-refractivity contribution in [1.29, 1.82) is 0 Å². The Balaban J connectivity index is 2.10. The molecule has 0 amide bonds. The van der Waals surface area contributed by atoms with Crippen molar-refractivity contribution in [3.63, 3.8) is 0 Å². The monoisotopic (exact) mass is 376 g/mol. The second kappa shape index (κ2) is 6.55. The molecule has 7 heteroatoms. The molecule has 1 heterocycles. The predicted octanol–water partition coefficient (Wildman–Crippen LogP) is 3.76. The van der Waals surface area contributed by atoms with E-state index in [9.17, 15) is 8.42 Å². The number of nitrogens with zero attached hydrogens (tertiary/aromatic N) is 1. The van der Waals surface area contributed by atoms with Crippen LogP contribution in [0.25, 0.3) is 16.9 Å². The van der Waals surface area contributed by atoms with Gasteiger partial charge < -0.3 is 9.30 Å². The quantitative estimate of drug-likeness (QED) is 0.753. The Morgan fingerprint density at radius 2 is 1.72 bits per heavy atom.